The fourth-order valence-electron chi connectivity index (χ4n) is 4.48. The lowest BCUT2D eigenvalue weighted by atomic mass is 9.78. The molecule has 2 aliphatic carbocycles. The van der Waals surface area contributed by atoms with E-state index >= 15 is 0 Å². The van der Waals surface area contributed by atoms with Crippen molar-refractivity contribution in [3.05, 3.63) is 24.3 Å². The van der Waals surface area contributed by atoms with Crippen molar-refractivity contribution in [2.75, 3.05) is 12.0 Å². The summed E-state index contributed by atoms with van der Waals surface area (Å²) >= 11 is 0. The highest BCUT2D eigenvalue weighted by Gasteiger charge is 2.67. The van der Waals surface area contributed by atoms with E-state index in [4.69, 9.17) is 4.74 Å². The minimum atomic E-state index is -0.916. The normalized spacial score (nSPS) is 39.5. The molecule has 3 fully saturated rings. The van der Waals surface area contributed by atoms with Gasteiger partial charge in [-0.2, -0.15) is 0 Å². The van der Waals surface area contributed by atoms with Crippen LogP contribution in [0.1, 0.15) is 6.42 Å². The van der Waals surface area contributed by atoms with Crippen molar-refractivity contribution >= 4 is 17.5 Å². The number of para-hydroxylation sites is 2. The predicted molar refractivity (Wildman–Crippen MR) is 76.1 cm³/mol. The largest absolute Gasteiger partial charge is 0.495 e. The minimum Gasteiger partial charge on any atom is -0.495 e. The number of carbonyl (C=O) groups is 2. The van der Waals surface area contributed by atoms with E-state index < -0.39 is 24.0 Å². The number of carbonyl (C=O) groups excluding carboxylic acids is 2. The second-order valence-electron chi connectivity index (χ2n) is 6.28. The fraction of sp³-hybridized carbons (Fsp3) is 0.500. The van der Waals surface area contributed by atoms with Gasteiger partial charge in [0.05, 0.1) is 36.8 Å². The topological polar surface area (TPSA) is 87.1 Å². The summed E-state index contributed by atoms with van der Waals surface area (Å²) in [6.07, 6.45) is -1.30. The van der Waals surface area contributed by atoms with Gasteiger partial charge in [-0.3, -0.25) is 9.59 Å². The third-order valence-electron chi connectivity index (χ3n) is 5.42. The molecule has 1 aromatic carbocycles. The number of hydrogen-bond acceptors (Lipinski definition) is 5. The van der Waals surface area contributed by atoms with Crippen molar-refractivity contribution in [2.45, 2.75) is 18.6 Å². The molecule has 1 aromatic rings. The summed E-state index contributed by atoms with van der Waals surface area (Å²) < 4.78 is 5.24. The van der Waals surface area contributed by atoms with Crippen molar-refractivity contribution in [2.24, 2.45) is 23.7 Å². The molecule has 0 spiro atoms. The van der Waals surface area contributed by atoms with Gasteiger partial charge >= 0.3 is 0 Å². The first kappa shape index (κ1) is 13.7. The number of aliphatic hydroxyl groups excluding tert-OH is 2. The van der Waals surface area contributed by atoms with Crippen LogP contribution in [-0.2, 0) is 9.59 Å². The number of aliphatic hydroxyl groups is 2. The molecular weight excluding hydrogens is 286 g/mol. The number of ether oxygens (including phenoxy) is 1. The Bertz CT molecular complexity index is 628. The molecule has 0 aromatic heterocycles. The molecule has 0 radical (unpaired) electrons. The van der Waals surface area contributed by atoms with Gasteiger partial charge in [-0.05, 0) is 18.6 Å². The SMILES string of the molecule is COc1ccccc1N1C(=O)[C@@H]2[C@@H]3C[C@@H]([C@H](O)[C@H]3O)[C@H]2C1=O. The lowest BCUT2D eigenvalue weighted by Crippen LogP contribution is -2.43. The number of amides is 2. The van der Waals surface area contributed by atoms with Crippen LogP contribution < -0.4 is 9.64 Å². The number of fused-ring (bicyclic) bond motifs is 5. The Labute approximate surface area is 127 Å². The number of rotatable bonds is 2. The first-order valence-electron chi connectivity index (χ1n) is 7.43. The zero-order valence-electron chi connectivity index (χ0n) is 12.0. The Balaban J connectivity index is 1.76. The van der Waals surface area contributed by atoms with Gasteiger partial charge in [-0.1, -0.05) is 12.1 Å². The van der Waals surface area contributed by atoms with Gasteiger partial charge in [0.15, 0.2) is 0 Å². The molecule has 4 rings (SSSR count). The van der Waals surface area contributed by atoms with Crippen LogP contribution in [0.3, 0.4) is 0 Å². The number of benzene rings is 1. The molecule has 3 aliphatic rings. The van der Waals surface area contributed by atoms with Crippen LogP contribution in [0, 0.1) is 23.7 Å². The number of methoxy groups -OCH3 is 1. The fourth-order valence-corrected chi connectivity index (χ4v) is 4.48. The highest BCUT2D eigenvalue weighted by Crippen LogP contribution is 2.57. The number of imide groups is 1. The third-order valence-corrected chi connectivity index (χ3v) is 5.42. The first-order valence-corrected chi connectivity index (χ1v) is 7.43. The summed E-state index contributed by atoms with van der Waals surface area (Å²) in [7, 11) is 1.49. The summed E-state index contributed by atoms with van der Waals surface area (Å²) in [5.41, 5.74) is 0.428. The average molecular weight is 303 g/mol. The molecule has 6 heteroatoms. The molecule has 0 unspecified atom stereocenters. The van der Waals surface area contributed by atoms with Crippen LogP contribution in [0.25, 0.3) is 0 Å². The van der Waals surface area contributed by atoms with E-state index in [2.05, 4.69) is 0 Å². The van der Waals surface area contributed by atoms with E-state index in [1.165, 1.54) is 7.11 Å². The second kappa shape index (κ2) is 4.54. The number of nitrogens with zero attached hydrogens (tertiary/aromatic N) is 1. The molecule has 2 amide bonds. The lowest BCUT2D eigenvalue weighted by Gasteiger charge is -2.29. The van der Waals surface area contributed by atoms with Gasteiger partial charge < -0.3 is 14.9 Å². The van der Waals surface area contributed by atoms with E-state index in [1.54, 1.807) is 24.3 Å². The van der Waals surface area contributed by atoms with Crippen LogP contribution in [0.5, 0.6) is 5.75 Å². The summed E-state index contributed by atoms with van der Waals surface area (Å²) in [5, 5.41) is 20.1. The molecule has 6 nitrogen and oxygen atoms in total. The second-order valence-corrected chi connectivity index (χ2v) is 6.28. The molecule has 2 N–H and O–H groups in total. The number of anilines is 1. The Kier molecular flexibility index (Phi) is 2.83. The minimum absolute atomic E-state index is 0.294. The summed E-state index contributed by atoms with van der Waals surface area (Å²) in [5.74, 6) is -1.85. The zero-order chi connectivity index (χ0) is 15.6. The molecule has 1 heterocycles. The first-order chi connectivity index (χ1) is 10.6. The van der Waals surface area contributed by atoms with Gasteiger partial charge in [-0.15, -0.1) is 0 Å². The van der Waals surface area contributed by atoms with Crippen LogP contribution in [0.4, 0.5) is 5.69 Å². The highest BCUT2D eigenvalue weighted by atomic mass is 16.5. The van der Waals surface area contributed by atoms with Crippen LogP contribution in [0.15, 0.2) is 24.3 Å². The van der Waals surface area contributed by atoms with Crippen LogP contribution >= 0.6 is 0 Å². The summed E-state index contributed by atoms with van der Waals surface area (Å²) in [6.45, 7) is 0. The van der Waals surface area contributed by atoms with E-state index in [1.807, 2.05) is 0 Å². The number of hydrogen-bond donors (Lipinski definition) is 2. The van der Waals surface area contributed by atoms with Gasteiger partial charge in [0, 0.05) is 11.8 Å². The highest BCUT2D eigenvalue weighted by molar-refractivity contribution is 6.23. The van der Waals surface area contributed by atoms with Gasteiger partial charge in [0.25, 0.3) is 0 Å². The molecule has 6 atom stereocenters. The summed E-state index contributed by atoms with van der Waals surface area (Å²) in [4.78, 5) is 26.7. The van der Waals surface area contributed by atoms with Crippen molar-refractivity contribution in [1.82, 2.24) is 0 Å². The molecule has 2 saturated carbocycles. The molecule has 116 valence electrons. The van der Waals surface area contributed by atoms with Crippen molar-refractivity contribution in [3.8, 4) is 5.75 Å². The third kappa shape index (κ3) is 1.51. The lowest BCUT2D eigenvalue weighted by molar-refractivity contribution is -0.129. The van der Waals surface area contributed by atoms with Gasteiger partial charge in [0.1, 0.15) is 5.75 Å². The Hall–Kier alpha value is -1.92. The van der Waals surface area contributed by atoms with E-state index in [0.717, 1.165) is 4.90 Å². The maximum atomic E-state index is 12.8. The predicted octanol–water partition coefficient (Wildman–Crippen LogP) is 0.172. The molecule has 1 saturated heterocycles. The maximum Gasteiger partial charge on any atom is 0.238 e. The van der Waals surface area contributed by atoms with Gasteiger partial charge in [0.2, 0.25) is 11.8 Å². The zero-order valence-corrected chi connectivity index (χ0v) is 12.0. The monoisotopic (exact) mass is 303 g/mol. The maximum absolute atomic E-state index is 12.8. The average Bonchev–Trinajstić information content (AvgIpc) is 3.12. The van der Waals surface area contributed by atoms with Crippen molar-refractivity contribution in [3.63, 3.8) is 0 Å². The smallest absolute Gasteiger partial charge is 0.238 e. The van der Waals surface area contributed by atoms with Crippen molar-refractivity contribution in [1.29, 1.82) is 0 Å². The summed E-state index contributed by atoms with van der Waals surface area (Å²) in [6, 6.07) is 6.88. The van der Waals surface area contributed by atoms with E-state index in [9.17, 15) is 19.8 Å². The van der Waals surface area contributed by atoms with Crippen LogP contribution in [-0.4, -0.2) is 41.3 Å². The van der Waals surface area contributed by atoms with Crippen molar-refractivity contribution < 1.29 is 24.5 Å². The Morgan fingerprint density at radius 2 is 1.59 bits per heavy atom. The molecule has 22 heavy (non-hydrogen) atoms. The Morgan fingerprint density at radius 3 is 2.14 bits per heavy atom. The Morgan fingerprint density at radius 1 is 1.05 bits per heavy atom. The quantitative estimate of drug-likeness (QED) is 0.761. The van der Waals surface area contributed by atoms with Gasteiger partial charge in [-0.25, -0.2) is 4.90 Å². The van der Waals surface area contributed by atoms with E-state index in [-0.39, 0.29) is 23.7 Å². The molecule has 1 aliphatic heterocycles. The van der Waals surface area contributed by atoms with Crippen LogP contribution in [0.2, 0.25) is 0 Å². The standard InChI is InChI=1S/C16H17NO5/c1-22-10-5-3-2-4-9(10)17-15(20)11-7-6-8(12(11)16(17)21)14(19)13(7)18/h2-5,7-8,11-14,18-19H,6H2,1H3/t7-,8+,11-,12-,13+,14+/m1/s1. The molecular formula is C16H17NO5. The van der Waals surface area contributed by atoms with E-state index in [0.29, 0.717) is 17.9 Å². The molecule has 2 bridgehead atoms.